The van der Waals surface area contributed by atoms with Crippen LogP contribution in [0, 0.1) is 29.6 Å². The SMILES string of the molecule is CS(=O)(=O)C(CCN1Cc2cc(C#CC#CC3CN([C@H]4CCOC4)C3)sc2C1=O)C(N)=O. The van der Waals surface area contributed by atoms with Crippen molar-refractivity contribution >= 4 is 33.0 Å². The first-order valence-electron chi connectivity index (χ1n) is 10.5. The van der Waals surface area contributed by atoms with E-state index in [9.17, 15) is 18.0 Å². The van der Waals surface area contributed by atoms with Crippen LogP contribution in [0.1, 0.15) is 33.0 Å². The third kappa shape index (κ3) is 5.00. The molecule has 0 radical (unpaired) electrons. The third-order valence-corrected chi connectivity index (χ3v) is 8.59. The topological polar surface area (TPSA) is 110 Å². The van der Waals surface area contributed by atoms with E-state index in [0.717, 1.165) is 49.4 Å². The molecule has 0 aromatic carbocycles. The largest absolute Gasteiger partial charge is 0.380 e. The Morgan fingerprint density at radius 2 is 2.16 bits per heavy atom. The van der Waals surface area contributed by atoms with Crippen LogP contribution in [-0.4, -0.2) is 80.4 Å². The number of sulfone groups is 1. The fraction of sp³-hybridized carbons (Fsp3) is 0.545. The van der Waals surface area contributed by atoms with Crippen molar-refractivity contribution in [1.29, 1.82) is 0 Å². The van der Waals surface area contributed by atoms with E-state index in [1.807, 2.05) is 6.07 Å². The lowest BCUT2D eigenvalue weighted by Crippen LogP contribution is -2.51. The standard InChI is InChI=1S/C22H25N3O5S2/c1-32(28,29)19(21(23)26)6-8-24-13-16-10-18(31-20(16)22(24)27)5-3-2-4-15-11-25(12-15)17-7-9-30-14-17/h10,15,17,19H,6-9,11-14H2,1H3,(H2,23,26)/t17-,19?/m0/s1. The van der Waals surface area contributed by atoms with Gasteiger partial charge >= 0.3 is 0 Å². The second kappa shape index (κ2) is 9.24. The van der Waals surface area contributed by atoms with Crippen LogP contribution in [0.4, 0.5) is 0 Å². The Balaban J connectivity index is 1.29. The number of carbonyl (C=O) groups is 2. The number of hydrogen-bond donors (Lipinski definition) is 1. The number of amides is 2. The highest BCUT2D eigenvalue weighted by Crippen LogP contribution is 2.31. The van der Waals surface area contributed by atoms with Crippen LogP contribution in [0.25, 0.3) is 0 Å². The highest BCUT2D eigenvalue weighted by molar-refractivity contribution is 7.92. The van der Waals surface area contributed by atoms with E-state index >= 15 is 0 Å². The zero-order valence-corrected chi connectivity index (χ0v) is 19.4. The van der Waals surface area contributed by atoms with Crippen molar-refractivity contribution in [2.75, 3.05) is 39.1 Å². The molecule has 2 saturated heterocycles. The minimum absolute atomic E-state index is 0.0105. The number of rotatable bonds is 6. The highest BCUT2D eigenvalue weighted by atomic mass is 32.2. The predicted molar refractivity (Wildman–Crippen MR) is 120 cm³/mol. The van der Waals surface area contributed by atoms with Gasteiger partial charge in [-0.25, -0.2) is 8.42 Å². The molecule has 8 nitrogen and oxygen atoms in total. The molecular weight excluding hydrogens is 450 g/mol. The van der Waals surface area contributed by atoms with Gasteiger partial charge in [-0.05, 0) is 42.2 Å². The van der Waals surface area contributed by atoms with Gasteiger partial charge < -0.3 is 15.4 Å². The number of fused-ring (bicyclic) bond motifs is 1. The number of hydrogen-bond acceptors (Lipinski definition) is 7. The summed E-state index contributed by atoms with van der Waals surface area (Å²) in [6, 6.07) is 2.41. The van der Waals surface area contributed by atoms with Gasteiger partial charge in [0.25, 0.3) is 5.91 Å². The van der Waals surface area contributed by atoms with Gasteiger partial charge in [0.2, 0.25) is 5.91 Å². The molecule has 3 aliphatic rings. The monoisotopic (exact) mass is 475 g/mol. The van der Waals surface area contributed by atoms with Crippen molar-refractivity contribution in [2.24, 2.45) is 11.7 Å². The Kier molecular flexibility index (Phi) is 6.59. The van der Waals surface area contributed by atoms with Gasteiger partial charge in [0.1, 0.15) is 5.25 Å². The molecule has 2 N–H and O–H groups in total. The van der Waals surface area contributed by atoms with Gasteiger partial charge in [0.05, 0.1) is 16.4 Å². The summed E-state index contributed by atoms with van der Waals surface area (Å²) in [6.07, 6.45) is 2.07. The van der Waals surface area contributed by atoms with Crippen molar-refractivity contribution < 1.29 is 22.7 Å². The molecule has 4 heterocycles. The summed E-state index contributed by atoms with van der Waals surface area (Å²) in [5, 5.41) is -1.29. The lowest BCUT2D eigenvalue weighted by molar-refractivity contribution is -0.117. The Bertz CT molecular complexity index is 1140. The maximum atomic E-state index is 12.6. The first-order chi connectivity index (χ1) is 15.2. The van der Waals surface area contributed by atoms with Crippen LogP contribution in [0.2, 0.25) is 0 Å². The molecule has 32 heavy (non-hydrogen) atoms. The maximum absolute atomic E-state index is 12.6. The Morgan fingerprint density at radius 1 is 1.38 bits per heavy atom. The Hall–Kier alpha value is -2.37. The van der Waals surface area contributed by atoms with Gasteiger partial charge in [-0.1, -0.05) is 5.92 Å². The third-order valence-electron chi connectivity index (χ3n) is 6.00. The summed E-state index contributed by atoms with van der Waals surface area (Å²) in [5.74, 6) is 11.3. The van der Waals surface area contributed by atoms with E-state index in [4.69, 9.17) is 10.5 Å². The van der Waals surface area contributed by atoms with Crippen molar-refractivity contribution in [3.8, 4) is 23.7 Å². The molecule has 2 fully saturated rings. The first kappa shape index (κ1) is 22.8. The fourth-order valence-corrected chi connectivity index (χ4v) is 6.12. The molecule has 170 valence electrons. The van der Waals surface area contributed by atoms with E-state index < -0.39 is 21.0 Å². The van der Waals surface area contributed by atoms with Crippen LogP contribution < -0.4 is 5.73 Å². The number of likely N-dealkylation sites (tertiary alicyclic amines) is 1. The lowest BCUT2D eigenvalue weighted by Gasteiger charge is -2.40. The molecule has 2 atom stereocenters. The summed E-state index contributed by atoms with van der Waals surface area (Å²) in [6.45, 7) is 4.13. The molecular formula is C22H25N3O5S2. The summed E-state index contributed by atoms with van der Waals surface area (Å²) in [4.78, 5) is 29.4. The van der Waals surface area contributed by atoms with Gasteiger partial charge in [-0.15, -0.1) is 11.3 Å². The molecule has 2 amide bonds. The molecule has 0 aliphatic carbocycles. The van der Waals surface area contributed by atoms with Crippen molar-refractivity contribution in [2.45, 2.75) is 30.7 Å². The van der Waals surface area contributed by atoms with Gasteiger partial charge in [0, 0.05) is 51.0 Å². The zero-order chi connectivity index (χ0) is 22.9. The van der Waals surface area contributed by atoms with E-state index in [0.29, 0.717) is 23.4 Å². The quantitative estimate of drug-likeness (QED) is 0.583. The molecule has 1 aromatic heterocycles. The summed E-state index contributed by atoms with van der Waals surface area (Å²) < 4.78 is 28.8. The number of ether oxygens (including phenoxy) is 1. The highest BCUT2D eigenvalue weighted by Gasteiger charge is 2.34. The summed E-state index contributed by atoms with van der Waals surface area (Å²) in [7, 11) is -3.61. The minimum Gasteiger partial charge on any atom is -0.380 e. The van der Waals surface area contributed by atoms with E-state index in [1.54, 1.807) is 0 Å². The molecule has 1 unspecified atom stereocenters. The average molecular weight is 476 g/mol. The van der Waals surface area contributed by atoms with Crippen molar-refractivity contribution in [1.82, 2.24) is 9.80 Å². The molecule has 10 heteroatoms. The van der Waals surface area contributed by atoms with E-state index in [-0.39, 0.29) is 18.9 Å². The smallest absolute Gasteiger partial charge is 0.264 e. The molecule has 0 saturated carbocycles. The van der Waals surface area contributed by atoms with E-state index in [1.165, 1.54) is 16.2 Å². The molecule has 4 rings (SSSR count). The summed E-state index contributed by atoms with van der Waals surface area (Å²) in [5.41, 5.74) is 6.06. The van der Waals surface area contributed by atoms with Gasteiger partial charge in [0.15, 0.2) is 9.84 Å². The van der Waals surface area contributed by atoms with E-state index in [2.05, 4.69) is 28.6 Å². The molecule has 1 aromatic rings. The second-order valence-electron chi connectivity index (χ2n) is 8.39. The second-order valence-corrected chi connectivity index (χ2v) is 11.7. The summed E-state index contributed by atoms with van der Waals surface area (Å²) >= 11 is 1.31. The number of nitrogens with two attached hydrogens (primary N) is 1. The van der Waals surface area contributed by atoms with Gasteiger partial charge in [-0.2, -0.15) is 0 Å². The van der Waals surface area contributed by atoms with Crippen LogP contribution >= 0.6 is 11.3 Å². The van der Waals surface area contributed by atoms with Crippen LogP contribution in [-0.2, 0) is 25.9 Å². The zero-order valence-electron chi connectivity index (χ0n) is 17.8. The number of nitrogens with zero attached hydrogens (tertiary/aromatic N) is 2. The molecule has 0 spiro atoms. The number of carbonyl (C=O) groups excluding carboxylic acids is 2. The first-order valence-corrected chi connectivity index (χ1v) is 13.2. The van der Waals surface area contributed by atoms with Gasteiger partial charge in [-0.3, -0.25) is 14.5 Å². The maximum Gasteiger partial charge on any atom is 0.264 e. The van der Waals surface area contributed by atoms with Crippen molar-refractivity contribution in [3.63, 3.8) is 0 Å². The minimum atomic E-state index is -3.61. The fourth-order valence-electron chi connectivity index (χ4n) is 4.17. The molecule has 0 bridgehead atoms. The number of primary amides is 1. The predicted octanol–water partition coefficient (Wildman–Crippen LogP) is 0.0681. The normalized spacial score (nSPS) is 21.8. The van der Waals surface area contributed by atoms with Crippen LogP contribution in [0.5, 0.6) is 0 Å². The number of thiophene rings is 1. The Labute approximate surface area is 192 Å². The lowest BCUT2D eigenvalue weighted by atomic mass is 9.98. The van der Waals surface area contributed by atoms with Crippen molar-refractivity contribution in [3.05, 3.63) is 21.4 Å². The van der Waals surface area contributed by atoms with Crippen LogP contribution in [0.15, 0.2) is 6.07 Å². The van der Waals surface area contributed by atoms with Crippen LogP contribution in [0.3, 0.4) is 0 Å². The average Bonchev–Trinajstić information content (AvgIpc) is 3.38. The molecule has 3 aliphatic heterocycles. The Morgan fingerprint density at radius 3 is 2.78 bits per heavy atom.